The fourth-order valence-corrected chi connectivity index (χ4v) is 2.21. The third-order valence-electron chi connectivity index (χ3n) is 2.49. The molecule has 0 saturated heterocycles. The van der Waals surface area contributed by atoms with Gasteiger partial charge < -0.3 is 4.74 Å². The van der Waals surface area contributed by atoms with Crippen molar-refractivity contribution in [3.8, 4) is 11.5 Å². The molecule has 2 aromatic carbocycles. The van der Waals surface area contributed by atoms with Crippen molar-refractivity contribution in [2.24, 2.45) is 0 Å². The highest BCUT2D eigenvalue weighted by atomic mass is 79.9. The summed E-state index contributed by atoms with van der Waals surface area (Å²) in [5.41, 5.74) is 0.491. The van der Waals surface area contributed by atoms with Gasteiger partial charge in [0.1, 0.15) is 5.75 Å². The molecule has 0 aliphatic rings. The molecule has 0 bridgehead atoms. The lowest BCUT2D eigenvalue weighted by molar-refractivity contribution is -0.385. The third kappa shape index (κ3) is 3.42. The first-order valence-electron chi connectivity index (χ1n) is 5.47. The molecule has 4 nitrogen and oxygen atoms in total. The van der Waals surface area contributed by atoms with Crippen LogP contribution in [0.2, 0.25) is 5.02 Å². The quantitative estimate of drug-likeness (QED) is 0.399. The molecule has 0 amide bonds. The van der Waals surface area contributed by atoms with Crippen LogP contribution in [0.25, 0.3) is 0 Å². The van der Waals surface area contributed by atoms with Gasteiger partial charge in [0.25, 0.3) is 0 Å². The molecule has 0 N–H and O–H groups in total. The highest BCUT2D eigenvalue weighted by Crippen LogP contribution is 2.36. The first kappa shape index (κ1) is 15.1. The topological polar surface area (TPSA) is 52.4 Å². The van der Waals surface area contributed by atoms with Gasteiger partial charge in [0.15, 0.2) is 0 Å². The van der Waals surface area contributed by atoms with Crippen molar-refractivity contribution in [1.82, 2.24) is 0 Å². The van der Waals surface area contributed by atoms with E-state index in [0.29, 0.717) is 16.3 Å². The second-order valence-electron chi connectivity index (χ2n) is 3.87. The maximum absolute atomic E-state index is 11.1. The van der Waals surface area contributed by atoms with Crippen LogP contribution in [0.3, 0.4) is 0 Å². The Hall–Kier alpha value is -1.30. The van der Waals surface area contributed by atoms with Gasteiger partial charge in [0, 0.05) is 16.4 Å². The number of nitro groups is 1. The Bertz CT molecular complexity index is 664. The Morgan fingerprint density at radius 2 is 1.95 bits per heavy atom. The van der Waals surface area contributed by atoms with Gasteiger partial charge in [-0.3, -0.25) is 10.1 Å². The fourth-order valence-electron chi connectivity index (χ4n) is 1.55. The summed E-state index contributed by atoms with van der Waals surface area (Å²) < 4.78 is 6.30. The Labute approximate surface area is 133 Å². The smallest absolute Gasteiger partial charge is 0.311 e. The van der Waals surface area contributed by atoms with Crippen LogP contribution in [0, 0.1) is 10.1 Å². The van der Waals surface area contributed by atoms with Crippen LogP contribution in [0.5, 0.6) is 11.5 Å². The molecular weight excluding hydrogens is 369 g/mol. The first-order chi connectivity index (χ1) is 9.51. The zero-order valence-corrected chi connectivity index (χ0v) is 13.1. The summed E-state index contributed by atoms with van der Waals surface area (Å²) in [7, 11) is 0. The summed E-state index contributed by atoms with van der Waals surface area (Å²) in [5, 5.41) is 11.4. The van der Waals surface area contributed by atoms with Crippen LogP contribution in [-0.2, 0) is 5.88 Å². The molecule has 0 aromatic heterocycles. The second kappa shape index (κ2) is 6.43. The molecule has 0 radical (unpaired) electrons. The number of rotatable bonds is 4. The molecule has 0 fully saturated rings. The van der Waals surface area contributed by atoms with Crippen LogP contribution in [-0.4, -0.2) is 4.92 Å². The van der Waals surface area contributed by atoms with E-state index in [1.807, 2.05) is 0 Å². The molecule has 0 aliphatic heterocycles. The van der Waals surface area contributed by atoms with Crippen molar-refractivity contribution in [1.29, 1.82) is 0 Å². The molecule has 0 spiro atoms. The zero-order chi connectivity index (χ0) is 14.7. The summed E-state index contributed by atoms with van der Waals surface area (Å²) in [6, 6.07) is 9.59. The standard InChI is InChI=1S/C13H8BrCl2NO3/c14-9-2-3-10(16)13(6-9)20-12-4-1-8(7-15)5-11(12)17(18)19/h1-6H,7H2. The van der Waals surface area contributed by atoms with E-state index in [9.17, 15) is 10.1 Å². The van der Waals surface area contributed by atoms with Gasteiger partial charge in [0.2, 0.25) is 5.75 Å². The van der Waals surface area contributed by atoms with Crippen molar-refractivity contribution in [2.45, 2.75) is 5.88 Å². The lowest BCUT2D eigenvalue weighted by atomic mass is 10.2. The highest BCUT2D eigenvalue weighted by Gasteiger charge is 2.17. The lowest BCUT2D eigenvalue weighted by Crippen LogP contribution is -1.95. The minimum Gasteiger partial charge on any atom is -0.449 e. The van der Waals surface area contributed by atoms with Crippen LogP contribution in [0.15, 0.2) is 40.9 Å². The van der Waals surface area contributed by atoms with Crippen LogP contribution in [0.4, 0.5) is 5.69 Å². The minimum absolute atomic E-state index is 0.115. The molecule has 0 aliphatic carbocycles. The van der Waals surface area contributed by atoms with Gasteiger partial charge in [-0.05, 0) is 29.8 Å². The van der Waals surface area contributed by atoms with E-state index in [4.69, 9.17) is 27.9 Å². The van der Waals surface area contributed by atoms with Gasteiger partial charge in [-0.15, -0.1) is 11.6 Å². The molecular formula is C13H8BrCl2NO3. The maximum atomic E-state index is 11.1. The van der Waals surface area contributed by atoms with Crippen molar-refractivity contribution in [3.05, 3.63) is 61.6 Å². The van der Waals surface area contributed by atoms with Gasteiger partial charge in [-0.1, -0.05) is 33.6 Å². The Morgan fingerprint density at radius 1 is 1.20 bits per heavy atom. The van der Waals surface area contributed by atoms with E-state index in [2.05, 4.69) is 15.9 Å². The zero-order valence-electron chi connectivity index (χ0n) is 9.98. The van der Waals surface area contributed by atoms with E-state index in [0.717, 1.165) is 4.47 Å². The van der Waals surface area contributed by atoms with Crippen molar-refractivity contribution in [2.75, 3.05) is 0 Å². The molecule has 2 aromatic rings. The number of hydrogen-bond acceptors (Lipinski definition) is 3. The van der Waals surface area contributed by atoms with Crippen LogP contribution < -0.4 is 4.74 Å². The molecule has 104 valence electrons. The van der Waals surface area contributed by atoms with Crippen molar-refractivity contribution in [3.63, 3.8) is 0 Å². The van der Waals surface area contributed by atoms with Gasteiger partial charge in [-0.2, -0.15) is 0 Å². The van der Waals surface area contributed by atoms with E-state index in [1.165, 1.54) is 12.1 Å². The Kier molecular flexibility index (Phi) is 4.86. The largest absolute Gasteiger partial charge is 0.449 e. The average molecular weight is 377 g/mol. The average Bonchev–Trinajstić information content (AvgIpc) is 2.43. The summed E-state index contributed by atoms with van der Waals surface area (Å²) in [4.78, 5) is 10.6. The minimum atomic E-state index is -0.517. The van der Waals surface area contributed by atoms with Crippen molar-refractivity contribution >= 4 is 44.8 Å². The number of ether oxygens (including phenoxy) is 1. The number of alkyl halides is 1. The monoisotopic (exact) mass is 375 g/mol. The molecule has 0 heterocycles. The first-order valence-corrected chi connectivity index (χ1v) is 7.18. The summed E-state index contributed by atoms with van der Waals surface area (Å²) >= 11 is 15.0. The number of hydrogen-bond donors (Lipinski definition) is 0. The maximum Gasteiger partial charge on any atom is 0.311 e. The third-order valence-corrected chi connectivity index (χ3v) is 3.60. The highest BCUT2D eigenvalue weighted by molar-refractivity contribution is 9.10. The van der Waals surface area contributed by atoms with E-state index >= 15 is 0 Å². The molecule has 7 heteroatoms. The van der Waals surface area contributed by atoms with E-state index in [-0.39, 0.29) is 17.3 Å². The predicted molar refractivity (Wildman–Crippen MR) is 81.9 cm³/mol. The lowest BCUT2D eigenvalue weighted by Gasteiger charge is -2.09. The summed E-state index contributed by atoms with van der Waals surface area (Å²) in [6.45, 7) is 0. The number of nitrogens with zero attached hydrogens (tertiary/aromatic N) is 1. The SMILES string of the molecule is O=[N+]([O-])c1cc(CCl)ccc1Oc1cc(Br)ccc1Cl. The fraction of sp³-hybridized carbons (Fsp3) is 0.0769. The molecule has 0 atom stereocenters. The molecule has 0 saturated carbocycles. The summed E-state index contributed by atoms with van der Waals surface area (Å²) in [6.07, 6.45) is 0. The van der Waals surface area contributed by atoms with Crippen LogP contribution >= 0.6 is 39.1 Å². The Morgan fingerprint density at radius 3 is 2.60 bits per heavy atom. The number of halogens is 3. The van der Waals surface area contributed by atoms with Gasteiger partial charge >= 0.3 is 5.69 Å². The Balaban J connectivity index is 2.42. The van der Waals surface area contributed by atoms with E-state index < -0.39 is 4.92 Å². The molecule has 20 heavy (non-hydrogen) atoms. The number of nitro benzene ring substituents is 1. The predicted octanol–water partition coefficient (Wildman–Crippen LogP) is 5.54. The normalized spacial score (nSPS) is 10.3. The summed E-state index contributed by atoms with van der Waals surface area (Å²) in [5.74, 6) is 0.644. The van der Waals surface area contributed by atoms with Crippen LogP contribution in [0.1, 0.15) is 5.56 Å². The second-order valence-corrected chi connectivity index (χ2v) is 5.46. The molecule has 2 rings (SSSR count). The molecule has 0 unspecified atom stereocenters. The van der Waals surface area contributed by atoms with Gasteiger partial charge in [-0.25, -0.2) is 0 Å². The van der Waals surface area contributed by atoms with Gasteiger partial charge in [0.05, 0.1) is 9.95 Å². The van der Waals surface area contributed by atoms with Crippen molar-refractivity contribution < 1.29 is 9.66 Å². The van der Waals surface area contributed by atoms with E-state index in [1.54, 1.807) is 24.3 Å². The number of benzene rings is 2.